The van der Waals surface area contributed by atoms with Crippen LogP contribution in [0.3, 0.4) is 0 Å². The lowest BCUT2D eigenvalue weighted by Gasteiger charge is -2.43. The van der Waals surface area contributed by atoms with E-state index in [0.717, 1.165) is 39.8 Å². The summed E-state index contributed by atoms with van der Waals surface area (Å²) in [4.78, 5) is 67.7. The molecule has 0 aliphatic carbocycles. The Morgan fingerprint density at radius 1 is 0.820 bits per heavy atom. The van der Waals surface area contributed by atoms with Gasteiger partial charge in [0.1, 0.15) is 12.7 Å². The van der Waals surface area contributed by atoms with Crippen LogP contribution in [0.15, 0.2) is 36.4 Å². The molecule has 5 atom stereocenters. The summed E-state index contributed by atoms with van der Waals surface area (Å²) in [5.41, 5.74) is -2.02. The van der Waals surface area contributed by atoms with Gasteiger partial charge in [-0.1, -0.05) is 29.3 Å². The van der Waals surface area contributed by atoms with Crippen molar-refractivity contribution in [1.82, 2.24) is 4.73 Å². The topological polar surface area (TPSA) is 155 Å². The molecule has 1 aliphatic heterocycles. The van der Waals surface area contributed by atoms with E-state index in [2.05, 4.69) is 0 Å². The molecular formula is C32H30Cl2F3NO12. The Kier molecular flexibility index (Phi) is 11.9. The number of nitrogens with zero attached hydrogens (tertiary/aromatic N) is 1. The van der Waals surface area contributed by atoms with Crippen LogP contribution < -0.4 is 4.84 Å². The Morgan fingerprint density at radius 2 is 1.44 bits per heavy atom. The molecule has 18 heteroatoms. The lowest BCUT2D eigenvalue weighted by molar-refractivity contribution is -0.306. The second kappa shape index (κ2) is 15.6. The first-order valence-corrected chi connectivity index (χ1v) is 15.5. The molecule has 3 aromatic rings. The molecule has 1 fully saturated rings. The summed E-state index contributed by atoms with van der Waals surface area (Å²) in [7, 11) is 0. The summed E-state index contributed by atoms with van der Waals surface area (Å²) >= 11 is 12.4. The maximum Gasteiger partial charge on any atom is 0.417 e. The van der Waals surface area contributed by atoms with Crippen molar-refractivity contribution in [3.63, 3.8) is 0 Å². The van der Waals surface area contributed by atoms with Gasteiger partial charge in [0.2, 0.25) is 6.10 Å². The number of fused-ring (bicyclic) bond motifs is 1. The number of carbonyl (C=O) groups is 5. The van der Waals surface area contributed by atoms with Crippen molar-refractivity contribution >= 4 is 64.0 Å². The number of aromatic nitrogens is 1. The van der Waals surface area contributed by atoms with Crippen LogP contribution in [0, 0.1) is 0 Å². The predicted molar refractivity (Wildman–Crippen MR) is 167 cm³/mol. The van der Waals surface area contributed by atoms with Gasteiger partial charge in [-0.15, -0.1) is 0 Å². The summed E-state index contributed by atoms with van der Waals surface area (Å²) in [5, 5.41) is -0.287. The fourth-order valence-corrected chi connectivity index (χ4v) is 5.75. The molecule has 2 aromatic carbocycles. The van der Waals surface area contributed by atoms with Crippen LogP contribution >= 0.6 is 23.2 Å². The Bertz CT molecular complexity index is 1810. The van der Waals surface area contributed by atoms with Gasteiger partial charge >= 0.3 is 36.0 Å². The maximum atomic E-state index is 14.6. The van der Waals surface area contributed by atoms with Gasteiger partial charge < -0.3 is 33.3 Å². The van der Waals surface area contributed by atoms with Gasteiger partial charge in [-0.2, -0.15) is 17.9 Å². The number of esters is 5. The number of carbonyl (C=O) groups excluding carboxylic acids is 5. The Morgan fingerprint density at radius 3 is 2.00 bits per heavy atom. The molecule has 270 valence electrons. The van der Waals surface area contributed by atoms with Crippen LogP contribution in [-0.4, -0.2) is 78.5 Å². The summed E-state index contributed by atoms with van der Waals surface area (Å²) in [6, 6.07) is 7.09. The maximum absolute atomic E-state index is 14.6. The monoisotopic (exact) mass is 747 g/mol. The van der Waals surface area contributed by atoms with Crippen molar-refractivity contribution in [3.8, 4) is 11.1 Å². The molecule has 13 nitrogen and oxygen atoms in total. The molecule has 0 unspecified atom stereocenters. The summed E-state index contributed by atoms with van der Waals surface area (Å²) in [6.45, 7) is 4.75. The highest BCUT2D eigenvalue weighted by molar-refractivity contribution is 6.36. The van der Waals surface area contributed by atoms with Gasteiger partial charge in [0, 0.05) is 48.7 Å². The van der Waals surface area contributed by atoms with E-state index in [0.29, 0.717) is 4.73 Å². The number of hydrogen-bond donors (Lipinski definition) is 0. The molecule has 0 spiro atoms. The van der Waals surface area contributed by atoms with E-state index in [9.17, 15) is 37.1 Å². The molecule has 1 saturated heterocycles. The summed E-state index contributed by atoms with van der Waals surface area (Å²) in [6.07, 6.45) is -13.4. The van der Waals surface area contributed by atoms with Crippen LogP contribution in [-0.2, 0) is 53.8 Å². The van der Waals surface area contributed by atoms with Crippen molar-refractivity contribution in [2.75, 3.05) is 13.2 Å². The Balaban J connectivity index is 1.99. The number of hydrogen-bond acceptors (Lipinski definition) is 12. The third kappa shape index (κ3) is 8.78. The van der Waals surface area contributed by atoms with Crippen LogP contribution in [0.2, 0.25) is 10.0 Å². The highest BCUT2D eigenvalue weighted by Crippen LogP contribution is 2.41. The fraction of sp³-hybridized carbons (Fsp3) is 0.406. The SMILES string of the molecule is CCOC(=O)c1cc2c(C(F)(F)F)cc(-c3ccc(Cl)cc3Cl)cc2n1O[C@@H]1O[C@H](COC(C)=O)[C@@H](OC(C)=O)[C@H](OC(C)=O)[C@H]1OC(C)=O. The largest absolute Gasteiger partial charge is 0.463 e. The zero-order valence-electron chi connectivity index (χ0n) is 27.0. The van der Waals surface area contributed by atoms with Gasteiger partial charge in [-0.3, -0.25) is 19.2 Å². The highest BCUT2D eigenvalue weighted by atomic mass is 35.5. The van der Waals surface area contributed by atoms with Gasteiger partial charge in [0.05, 0.1) is 17.7 Å². The molecule has 4 rings (SSSR count). The van der Waals surface area contributed by atoms with E-state index in [4.69, 9.17) is 56.5 Å². The third-order valence-corrected chi connectivity index (χ3v) is 7.61. The van der Waals surface area contributed by atoms with Crippen molar-refractivity contribution in [1.29, 1.82) is 0 Å². The van der Waals surface area contributed by atoms with Crippen molar-refractivity contribution < 1.29 is 70.4 Å². The zero-order chi connectivity index (χ0) is 37.1. The molecular weight excluding hydrogens is 718 g/mol. The van der Waals surface area contributed by atoms with E-state index in [-0.39, 0.29) is 33.3 Å². The second-order valence-electron chi connectivity index (χ2n) is 10.8. The van der Waals surface area contributed by atoms with E-state index < -0.39 is 90.0 Å². The average Bonchev–Trinajstić information content (AvgIpc) is 3.35. The van der Waals surface area contributed by atoms with Crippen LogP contribution in [0.1, 0.15) is 50.7 Å². The number of rotatable bonds is 10. The van der Waals surface area contributed by atoms with Crippen LogP contribution in [0.5, 0.6) is 0 Å². The fourth-order valence-electron chi connectivity index (χ4n) is 5.23. The van der Waals surface area contributed by atoms with Crippen LogP contribution in [0.4, 0.5) is 13.2 Å². The molecule has 0 radical (unpaired) electrons. The lowest BCUT2D eigenvalue weighted by atomic mass is 9.98. The highest BCUT2D eigenvalue weighted by Gasteiger charge is 2.54. The van der Waals surface area contributed by atoms with E-state index in [1.165, 1.54) is 31.2 Å². The number of benzene rings is 2. The smallest absolute Gasteiger partial charge is 0.417 e. The number of alkyl halides is 3. The summed E-state index contributed by atoms with van der Waals surface area (Å²) in [5.74, 6) is -4.69. The molecule has 0 saturated carbocycles. The van der Waals surface area contributed by atoms with Crippen molar-refractivity contribution in [2.24, 2.45) is 0 Å². The van der Waals surface area contributed by atoms with E-state index in [1.54, 1.807) is 0 Å². The first kappa shape index (κ1) is 38.3. The minimum atomic E-state index is -4.97. The quantitative estimate of drug-likeness (QED) is 0.195. The number of ether oxygens (including phenoxy) is 6. The second-order valence-corrected chi connectivity index (χ2v) is 11.6. The van der Waals surface area contributed by atoms with E-state index >= 15 is 0 Å². The molecule has 2 heterocycles. The molecule has 0 bridgehead atoms. The van der Waals surface area contributed by atoms with Gasteiger partial charge in [0.25, 0.3) is 6.29 Å². The van der Waals surface area contributed by atoms with Gasteiger partial charge in [-0.25, -0.2) is 4.79 Å². The Hall–Kier alpha value is -4.54. The average molecular weight is 748 g/mol. The minimum absolute atomic E-state index is 0.00852. The number of halogens is 5. The minimum Gasteiger partial charge on any atom is -0.463 e. The molecule has 0 N–H and O–H groups in total. The molecule has 0 amide bonds. The molecule has 50 heavy (non-hydrogen) atoms. The summed E-state index contributed by atoms with van der Waals surface area (Å²) < 4.78 is 76.8. The molecule has 1 aliphatic rings. The zero-order valence-corrected chi connectivity index (χ0v) is 28.5. The lowest BCUT2D eigenvalue weighted by Crippen LogP contribution is -2.64. The first-order valence-electron chi connectivity index (χ1n) is 14.8. The first-order chi connectivity index (χ1) is 23.4. The third-order valence-electron chi connectivity index (χ3n) is 7.07. The van der Waals surface area contributed by atoms with Crippen molar-refractivity contribution in [2.45, 2.75) is 71.5 Å². The van der Waals surface area contributed by atoms with E-state index in [1.807, 2.05) is 0 Å². The van der Waals surface area contributed by atoms with Gasteiger partial charge in [0.15, 0.2) is 17.9 Å². The Labute approximate surface area is 292 Å². The predicted octanol–water partition coefficient (Wildman–Crippen LogP) is 5.32. The molecule has 1 aromatic heterocycles. The normalized spacial score (nSPS) is 20.5. The van der Waals surface area contributed by atoms with Crippen LogP contribution in [0.25, 0.3) is 22.0 Å². The van der Waals surface area contributed by atoms with Gasteiger partial charge in [-0.05, 0) is 42.8 Å². The standard InChI is InChI=1S/C32H30Cl2F3NO12/c1-6-44-30(43)25-12-21-22(32(35,36)37)9-18(20-8-7-19(33)11-23(20)34)10-24(21)38(25)50-31-29(48-17(5)42)28(47-16(4)41)27(46-15(3)40)26(49-31)13-45-14(2)39/h7-12,26-29,31H,6,13H2,1-5H3/t26-,27-,28+,29-,31+/m1/s1. The van der Waals surface area contributed by atoms with Crippen molar-refractivity contribution in [3.05, 3.63) is 57.7 Å².